The number of aliphatic hydroxyl groups is 1. The van der Waals surface area contributed by atoms with Crippen molar-refractivity contribution in [3.05, 3.63) is 65.2 Å². The number of carbonyl (C=O) groups is 1. The number of benzene rings is 2. The first-order valence-corrected chi connectivity index (χ1v) is 12.2. The molecule has 5 rings (SSSR count). The van der Waals surface area contributed by atoms with Crippen molar-refractivity contribution in [2.75, 3.05) is 38.3 Å². The van der Waals surface area contributed by atoms with Gasteiger partial charge in [-0.1, -0.05) is 23.7 Å². The van der Waals surface area contributed by atoms with Gasteiger partial charge in [0.25, 0.3) is 0 Å². The zero-order chi connectivity index (χ0) is 23.9. The summed E-state index contributed by atoms with van der Waals surface area (Å²) in [5, 5.41) is 11.1. The number of anilines is 1. The van der Waals surface area contributed by atoms with Crippen LogP contribution < -0.4 is 14.4 Å². The van der Waals surface area contributed by atoms with E-state index in [1.807, 2.05) is 30.3 Å². The Hall–Kier alpha value is -2.70. The number of hydrogen-bond donors (Lipinski definition) is 1. The molecule has 6 nitrogen and oxygen atoms in total. The number of esters is 1. The van der Waals surface area contributed by atoms with Crippen molar-refractivity contribution >= 4 is 23.3 Å². The van der Waals surface area contributed by atoms with Crippen LogP contribution in [0.3, 0.4) is 0 Å². The molecule has 1 fully saturated rings. The molecule has 0 saturated heterocycles. The summed E-state index contributed by atoms with van der Waals surface area (Å²) in [4.78, 5) is 14.6. The van der Waals surface area contributed by atoms with Crippen LogP contribution in [0.15, 0.2) is 49.1 Å². The van der Waals surface area contributed by atoms with Crippen LogP contribution >= 0.6 is 11.6 Å². The minimum Gasteiger partial charge on any atom is -0.493 e. The quantitative estimate of drug-likeness (QED) is 0.494. The summed E-state index contributed by atoms with van der Waals surface area (Å²) in [6.45, 7) is 6.31. The number of nitrogens with zero attached hydrogens (tertiary/aromatic N) is 1. The maximum Gasteiger partial charge on any atom is 0.337 e. The Morgan fingerprint density at radius 1 is 1.29 bits per heavy atom. The predicted octanol–water partition coefficient (Wildman–Crippen LogP) is 4.62. The maximum absolute atomic E-state index is 12.3. The zero-order valence-electron chi connectivity index (χ0n) is 19.3. The molecule has 0 unspecified atom stereocenters. The van der Waals surface area contributed by atoms with Crippen molar-refractivity contribution in [3.63, 3.8) is 0 Å². The normalized spacial score (nSPS) is 26.1. The minimum atomic E-state index is -0.511. The number of carbonyl (C=O) groups excluding carboxylic acids is 1. The van der Waals surface area contributed by atoms with E-state index in [1.165, 1.54) is 7.11 Å². The van der Waals surface area contributed by atoms with Gasteiger partial charge in [-0.15, -0.1) is 6.58 Å². The van der Waals surface area contributed by atoms with Crippen molar-refractivity contribution in [2.45, 2.75) is 30.8 Å². The fourth-order valence-electron chi connectivity index (χ4n) is 5.59. The van der Waals surface area contributed by atoms with E-state index in [0.29, 0.717) is 36.3 Å². The van der Waals surface area contributed by atoms with Crippen LogP contribution in [0.25, 0.3) is 0 Å². The van der Waals surface area contributed by atoms with Crippen LogP contribution in [0.2, 0.25) is 5.02 Å². The largest absolute Gasteiger partial charge is 0.493 e. The highest BCUT2D eigenvalue weighted by molar-refractivity contribution is 6.30. The molecule has 1 aliphatic carbocycles. The standard InChI is InChI=1S/C27H30ClNO5/c1-3-23(30)20-7-4-18(20)14-29-15-27(10-11-33-25-13-19(28)6-8-21(25)27)16-34-24-9-5-17(12-22(24)29)26(31)32-2/h3,5-6,8-9,12-13,18,20,23,30H,1,4,7,10-11,14-16H2,2H3/t18-,20+,23-,27-/m0/s1. The third-order valence-electron chi connectivity index (χ3n) is 7.68. The van der Waals surface area contributed by atoms with Crippen molar-refractivity contribution < 1.29 is 24.1 Å². The zero-order valence-corrected chi connectivity index (χ0v) is 20.1. The average Bonchev–Trinajstić information content (AvgIpc) is 2.98. The predicted molar refractivity (Wildman–Crippen MR) is 131 cm³/mol. The van der Waals surface area contributed by atoms with Gasteiger partial charge in [-0.2, -0.15) is 0 Å². The fraction of sp³-hybridized carbons (Fsp3) is 0.444. The summed E-state index contributed by atoms with van der Waals surface area (Å²) in [6.07, 6.45) is 3.95. The van der Waals surface area contributed by atoms with Gasteiger partial charge in [0.05, 0.1) is 43.1 Å². The van der Waals surface area contributed by atoms with E-state index in [4.69, 9.17) is 25.8 Å². The summed E-state index contributed by atoms with van der Waals surface area (Å²) >= 11 is 6.26. The summed E-state index contributed by atoms with van der Waals surface area (Å²) < 4.78 is 17.3. The molecular formula is C27H30ClNO5. The number of rotatable bonds is 5. The Bertz CT molecular complexity index is 1100. The van der Waals surface area contributed by atoms with Gasteiger partial charge in [-0.3, -0.25) is 0 Å². The lowest BCUT2D eigenvalue weighted by Gasteiger charge is -2.45. The van der Waals surface area contributed by atoms with Gasteiger partial charge in [-0.25, -0.2) is 4.79 Å². The maximum atomic E-state index is 12.3. The van der Waals surface area contributed by atoms with Crippen LogP contribution in [0, 0.1) is 11.8 Å². The van der Waals surface area contributed by atoms with E-state index in [9.17, 15) is 9.90 Å². The molecule has 1 N–H and O–H groups in total. The van der Waals surface area contributed by atoms with Gasteiger partial charge in [0.15, 0.2) is 0 Å². The molecular weight excluding hydrogens is 454 g/mol. The number of hydrogen-bond acceptors (Lipinski definition) is 6. The second kappa shape index (κ2) is 9.16. The molecule has 1 spiro atoms. The van der Waals surface area contributed by atoms with Crippen LogP contribution in [-0.4, -0.2) is 50.6 Å². The monoisotopic (exact) mass is 483 g/mol. The lowest BCUT2D eigenvalue weighted by Crippen LogP contribution is -2.50. The Morgan fingerprint density at radius 3 is 2.88 bits per heavy atom. The number of ether oxygens (including phenoxy) is 3. The van der Waals surface area contributed by atoms with Crippen molar-refractivity contribution in [1.82, 2.24) is 0 Å². The average molecular weight is 484 g/mol. The number of halogens is 1. The first-order valence-electron chi connectivity index (χ1n) is 11.8. The van der Waals surface area contributed by atoms with E-state index in [1.54, 1.807) is 12.1 Å². The molecule has 34 heavy (non-hydrogen) atoms. The second-order valence-electron chi connectivity index (χ2n) is 9.59. The minimum absolute atomic E-state index is 0.186. The highest BCUT2D eigenvalue weighted by Crippen LogP contribution is 2.47. The number of fused-ring (bicyclic) bond motifs is 3. The summed E-state index contributed by atoms with van der Waals surface area (Å²) in [6, 6.07) is 11.3. The second-order valence-corrected chi connectivity index (χ2v) is 10.0. The summed E-state index contributed by atoms with van der Waals surface area (Å²) in [5.41, 5.74) is 2.16. The fourth-order valence-corrected chi connectivity index (χ4v) is 5.76. The van der Waals surface area contributed by atoms with Gasteiger partial charge in [-0.05, 0) is 61.4 Å². The molecule has 0 bridgehead atoms. The lowest BCUT2D eigenvalue weighted by atomic mass is 9.70. The first kappa shape index (κ1) is 23.1. The smallest absolute Gasteiger partial charge is 0.337 e. The molecule has 7 heteroatoms. The Morgan fingerprint density at radius 2 is 2.15 bits per heavy atom. The Balaban J connectivity index is 1.55. The molecule has 0 aromatic heterocycles. The third kappa shape index (κ3) is 4.03. The molecule has 3 aliphatic rings. The molecule has 2 aromatic rings. The van der Waals surface area contributed by atoms with Crippen LogP contribution in [-0.2, 0) is 10.2 Å². The van der Waals surface area contributed by atoms with Crippen LogP contribution in [0.4, 0.5) is 5.69 Å². The highest BCUT2D eigenvalue weighted by Gasteiger charge is 2.44. The number of aliphatic hydroxyl groups excluding tert-OH is 1. The summed E-state index contributed by atoms with van der Waals surface area (Å²) in [7, 11) is 1.39. The third-order valence-corrected chi connectivity index (χ3v) is 7.92. The molecule has 0 amide bonds. The summed E-state index contributed by atoms with van der Waals surface area (Å²) in [5.74, 6) is 1.67. The van der Waals surface area contributed by atoms with E-state index >= 15 is 0 Å². The van der Waals surface area contributed by atoms with Gasteiger partial charge in [0, 0.05) is 23.7 Å². The molecule has 2 heterocycles. The van der Waals surface area contributed by atoms with Gasteiger partial charge >= 0.3 is 5.97 Å². The molecule has 0 radical (unpaired) electrons. The SMILES string of the molecule is C=C[C@H](O)[C@@H]1CC[C@H]1CN1C[C@@]2(CCOc3cc(Cl)ccc32)COc2ccc(C(=O)OC)cc21. The van der Waals surface area contributed by atoms with E-state index in [2.05, 4.69) is 11.5 Å². The van der Waals surface area contributed by atoms with Gasteiger partial charge in [0.2, 0.25) is 0 Å². The van der Waals surface area contributed by atoms with E-state index in [-0.39, 0.29) is 17.3 Å². The van der Waals surface area contributed by atoms with Crippen molar-refractivity contribution in [3.8, 4) is 11.5 Å². The van der Waals surface area contributed by atoms with Crippen molar-refractivity contribution in [2.24, 2.45) is 11.8 Å². The highest BCUT2D eigenvalue weighted by atomic mass is 35.5. The topological polar surface area (TPSA) is 68.2 Å². The molecule has 4 atom stereocenters. The molecule has 1 saturated carbocycles. The Labute approximate surface area is 205 Å². The van der Waals surface area contributed by atoms with Gasteiger partial charge in [0.1, 0.15) is 11.5 Å². The van der Waals surface area contributed by atoms with Crippen molar-refractivity contribution in [1.29, 1.82) is 0 Å². The lowest BCUT2D eigenvalue weighted by molar-refractivity contribution is 0.0458. The van der Waals surface area contributed by atoms with Crippen LogP contribution in [0.5, 0.6) is 11.5 Å². The number of methoxy groups -OCH3 is 1. The first-order chi connectivity index (χ1) is 16.4. The Kier molecular flexibility index (Phi) is 6.21. The molecule has 2 aromatic carbocycles. The molecule has 180 valence electrons. The van der Waals surface area contributed by atoms with E-state index < -0.39 is 6.10 Å². The van der Waals surface area contributed by atoms with Gasteiger partial charge < -0.3 is 24.2 Å². The molecule has 2 aliphatic heterocycles. The van der Waals surface area contributed by atoms with Crippen LogP contribution in [0.1, 0.15) is 35.2 Å². The van der Waals surface area contributed by atoms with E-state index in [0.717, 1.165) is 48.6 Å².